The van der Waals surface area contributed by atoms with Gasteiger partial charge in [-0.2, -0.15) is 0 Å². The van der Waals surface area contributed by atoms with Gasteiger partial charge in [-0.3, -0.25) is 14.1 Å². The van der Waals surface area contributed by atoms with Crippen molar-refractivity contribution in [3.8, 4) is 0 Å². The molecule has 17 heavy (non-hydrogen) atoms. The van der Waals surface area contributed by atoms with Crippen molar-refractivity contribution < 1.29 is 14.1 Å². The van der Waals surface area contributed by atoms with Gasteiger partial charge in [-0.05, 0) is 13.8 Å². The predicted octanol–water partition coefficient (Wildman–Crippen LogP) is 4.45. The molecule has 0 nitrogen and oxygen atoms in total. The van der Waals surface area contributed by atoms with Crippen molar-refractivity contribution in [1.82, 2.24) is 0 Å². The minimum absolute atomic E-state index is 0. The van der Waals surface area contributed by atoms with Crippen molar-refractivity contribution in [2.45, 2.75) is 13.8 Å². The lowest BCUT2D eigenvalue weighted by atomic mass is 10.2. The molecule has 0 aliphatic heterocycles. The smallest absolute Gasteiger partial charge is 0.0398 e. The Balaban J connectivity index is -0.000000196. The predicted molar refractivity (Wildman–Crippen MR) is 69.9 cm³/mol. The van der Waals surface area contributed by atoms with Crippen LogP contribution >= 0.6 is 0 Å². The maximum Gasteiger partial charge on any atom is -0.0398 e. The largest absolute Gasteiger partial charge is 0.269 e. The highest BCUT2D eigenvalue weighted by Gasteiger charge is 1.72. The van der Waals surface area contributed by atoms with Gasteiger partial charge in [0.25, 0.3) is 0 Å². The van der Waals surface area contributed by atoms with Crippen LogP contribution in [0, 0.1) is 13.8 Å². The van der Waals surface area contributed by atoms with E-state index in [1.54, 1.807) is 0 Å². The quantitative estimate of drug-likeness (QED) is 0.642. The monoisotopic (exact) mass is 244 g/mol. The minimum atomic E-state index is 0. The number of halogens is 3. The van der Waals surface area contributed by atoms with E-state index in [1.165, 1.54) is 11.1 Å². The molecule has 0 saturated carbocycles. The van der Waals surface area contributed by atoms with Gasteiger partial charge in [0, 0.05) is 0 Å². The Labute approximate surface area is 100 Å². The van der Waals surface area contributed by atoms with Gasteiger partial charge in [-0.25, -0.2) is 0 Å². The molecule has 0 aliphatic rings. The zero-order chi connectivity index (χ0) is 10.2. The van der Waals surface area contributed by atoms with Crippen LogP contribution in [0.25, 0.3) is 0 Å². The number of hydrogen-bond donors (Lipinski definition) is 0. The topological polar surface area (TPSA) is 0 Å². The van der Waals surface area contributed by atoms with Gasteiger partial charge in [-0.1, -0.05) is 71.8 Å². The maximum atomic E-state index is 2.08. The normalized spacial score (nSPS) is 7.18. The third-order valence-corrected chi connectivity index (χ3v) is 1.88. The molecular formula is C14H19F3. The Morgan fingerprint density at radius 3 is 0.824 bits per heavy atom. The van der Waals surface area contributed by atoms with Gasteiger partial charge in [0.2, 0.25) is 0 Å². The highest BCUT2D eigenvalue weighted by Crippen LogP contribution is 1.92. The highest BCUT2D eigenvalue weighted by molar-refractivity contribution is 5.12. The molecule has 0 saturated heterocycles. The maximum absolute atomic E-state index is 2.08. The SMILES string of the molecule is Cc1ccccc1.Cc1ccccc1.F.F.F. The molecule has 3 heteroatoms. The highest BCUT2D eigenvalue weighted by atomic mass is 19.0. The van der Waals surface area contributed by atoms with Gasteiger partial charge in [-0.15, -0.1) is 0 Å². The van der Waals surface area contributed by atoms with E-state index in [2.05, 4.69) is 38.1 Å². The van der Waals surface area contributed by atoms with E-state index in [9.17, 15) is 0 Å². The number of hydrogen-bond acceptors (Lipinski definition) is 0. The second-order valence-electron chi connectivity index (χ2n) is 3.31. The molecule has 0 unspecified atom stereocenters. The first-order valence-electron chi connectivity index (χ1n) is 4.82. The lowest BCUT2D eigenvalue weighted by molar-refractivity contribution is 1.11. The summed E-state index contributed by atoms with van der Waals surface area (Å²) in [7, 11) is 0. The molecule has 0 amide bonds. The van der Waals surface area contributed by atoms with E-state index in [1.807, 2.05) is 36.4 Å². The summed E-state index contributed by atoms with van der Waals surface area (Å²) in [6.07, 6.45) is 0. The summed E-state index contributed by atoms with van der Waals surface area (Å²) in [6.45, 7) is 4.17. The summed E-state index contributed by atoms with van der Waals surface area (Å²) in [5, 5.41) is 0. The fourth-order valence-corrected chi connectivity index (χ4v) is 1.07. The summed E-state index contributed by atoms with van der Waals surface area (Å²) in [4.78, 5) is 0. The summed E-state index contributed by atoms with van der Waals surface area (Å²) < 4.78 is 0. The molecule has 96 valence electrons. The summed E-state index contributed by atoms with van der Waals surface area (Å²) in [6, 6.07) is 20.5. The van der Waals surface area contributed by atoms with Crippen LogP contribution in [0.4, 0.5) is 14.1 Å². The van der Waals surface area contributed by atoms with Gasteiger partial charge >= 0.3 is 0 Å². The van der Waals surface area contributed by atoms with Crippen molar-refractivity contribution in [2.24, 2.45) is 0 Å². The molecule has 0 spiro atoms. The third kappa shape index (κ3) is 10.5. The second-order valence-corrected chi connectivity index (χ2v) is 3.31. The Morgan fingerprint density at radius 2 is 0.706 bits per heavy atom. The third-order valence-electron chi connectivity index (χ3n) is 1.88. The Morgan fingerprint density at radius 1 is 0.471 bits per heavy atom. The zero-order valence-corrected chi connectivity index (χ0v) is 10.00. The molecule has 2 rings (SSSR count). The van der Waals surface area contributed by atoms with Crippen LogP contribution in [0.5, 0.6) is 0 Å². The van der Waals surface area contributed by atoms with E-state index in [0.29, 0.717) is 0 Å². The lowest BCUT2D eigenvalue weighted by Gasteiger charge is -1.82. The molecule has 0 N–H and O–H groups in total. The van der Waals surface area contributed by atoms with Crippen LogP contribution in [0.15, 0.2) is 60.7 Å². The molecule has 2 aromatic rings. The summed E-state index contributed by atoms with van der Waals surface area (Å²) in [5.74, 6) is 0. The average Bonchev–Trinajstić information content (AvgIpc) is 2.21. The van der Waals surface area contributed by atoms with Gasteiger partial charge < -0.3 is 0 Å². The van der Waals surface area contributed by atoms with E-state index in [0.717, 1.165) is 0 Å². The van der Waals surface area contributed by atoms with Crippen molar-refractivity contribution in [1.29, 1.82) is 0 Å². The molecule has 2 aromatic carbocycles. The number of aryl methyl sites for hydroxylation is 2. The number of benzene rings is 2. The van der Waals surface area contributed by atoms with Crippen LogP contribution < -0.4 is 0 Å². The molecule has 0 fully saturated rings. The first kappa shape index (κ1) is 20.6. The average molecular weight is 244 g/mol. The van der Waals surface area contributed by atoms with Gasteiger partial charge in [0.1, 0.15) is 0 Å². The van der Waals surface area contributed by atoms with E-state index in [-0.39, 0.29) is 14.1 Å². The zero-order valence-electron chi connectivity index (χ0n) is 10.00. The fraction of sp³-hybridized carbons (Fsp3) is 0.143. The van der Waals surface area contributed by atoms with Crippen LogP contribution in [-0.2, 0) is 0 Å². The molecule has 0 heterocycles. The van der Waals surface area contributed by atoms with Gasteiger partial charge in [0.15, 0.2) is 0 Å². The standard InChI is InChI=1S/2C7H8.3FH/c2*1-7-5-3-2-4-6-7;;;/h2*2-6H,1H3;3*1H. The lowest BCUT2D eigenvalue weighted by Crippen LogP contribution is -1.62. The molecule has 0 aliphatic carbocycles. The Hall–Kier alpha value is -1.77. The van der Waals surface area contributed by atoms with Crippen molar-refractivity contribution in [2.75, 3.05) is 0 Å². The van der Waals surface area contributed by atoms with Crippen molar-refractivity contribution in [3.05, 3.63) is 71.8 Å². The minimum Gasteiger partial charge on any atom is -0.269 e. The van der Waals surface area contributed by atoms with Gasteiger partial charge in [0.05, 0.1) is 0 Å². The number of rotatable bonds is 0. The van der Waals surface area contributed by atoms with Crippen molar-refractivity contribution >= 4 is 0 Å². The van der Waals surface area contributed by atoms with E-state index in [4.69, 9.17) is 0 Å². The molecule has 0 radical (unpaired) electrons. The first-order valence-corrected chi connectivity index (χ1v) is 4.82. The Bertz CT molecular complexity index is 309. The molecule has 0 bridgehead atoms. The molecular weight excluding hydrogens is 225 g/mol. The van der Waals surface area contributed by atoms with E-state index >= 15 is 0 Å². The van der Waals surface area contributed by atoms with Crippen molar-refractivity contribution in [3.63, 3.8) is 0 Å². The van der Waals surface area contributed by atoms with E-state index < -0.39 is 0 Å². The molecule has 0 atom stereocenters. The summed E-state index contributed by atoms with van der Waals surface area (Å²) >= 11 is 0. The van der Waals surface area contributed by atoms with Crippen LogP contribution in [0.3, 0.4) is 0 Å². The first-order chi connectivity index (χ1) is 6.79. The molecule has 0 aromatic heterocycles. The van der Waals surface area contributed by atoms with Crippen LogP contribution in [0.2, 0.25) is 0 Å². The Kier molecular flexibility index (Phi) is 14.9. The van der Waals surface area contributed by atoms with Crippen LogP contribution in [-0.4, -0.2) is 0 Å². The fourth-order valence-electron chi connectivity index (χ4n) is 1.07. The summed E-state index contributed by atoms with van der Waals surface area (Å²) in [5.41, 5.74) is 2.64. The van der Waals surface area contributed by atoms with Crippen LogP contribution in [0.1, 0.15) is 11.1 Å². The second kappa shape index (κ2) is 12.3.